The van der Waals surface area contributed by atoms with Gasteiger partial charge in [-0.1, -0.05) is 6.42 Å². The van der Waals surface area contributed by atoms with E-state index in [9.17, 15) is 0 Å². The lowest BCUT2D eigenvalue weighted by molar-refractivity contribution is -0.897. The van der Waals surface area contributed by atoms with E-state index in [1.54, 1.807) is 0 Å². The molecule has 1 fully saturated rings. The van der Waals surface area contributed by atoms with Crippen LogP contribution in [0.3, 0.4) is 0 Å². The van der Waals surface area contributed by atoms with Gasteiger partial charge in [0.15, 0.2) is 0 Å². The lowest BCUT2D eigenvalue weighted by atomic mass is 9.94. The van der Waals surface area contributed by atoms with Crippen LogP contribution in [-0.4, -0.2) is 31.7 Å². The molecule has 0 spiro atoms. The van der Waals surface area contributed by atoms with E-state index in [4.69, 9.17) is 0 Å². The fourth-order valence-electron chi connectivity index (χ4n) is 1.86. The second kappa shape index (κ2) is 2.91. The highest BCUT2D eigenvalue weighted by molar-refractivity contribution is 4.64. The average molecular weight is 142 g/mol. The molecule has 1 heteroatoms. The zero-order valence-electron chi connectivity index (χ0n) is 7.56. The monoisotopic (exact) mass is 142 g/mol. The molecule has 10 heavy (non-hydrogen) atoms. The van der Waals surface area contributed by atoms with Crippen LogP contribution in [0.2, 0.25) is 0 Å². The third-order valence-corrected chi connectivity index (χ3v) is 2.67. The van der Waals surface area contributed by atoms with Crippen molar-refractivity contribution in [3.8, 4) is 0 Å². The number of nitrogens with zero attached hydrogens (tertiary/aromatic N) is 1. The van der Waals surface area contributed by atoms with Gasteiger partial charge in [0.25, 0.3) is 0 Å². The highest BCUT2D eigenvalue weighted by Gasteiger charge is 2.24. The van der Waals surface area contributed by atoms with Gasteiger partial charge in [0, 0.05) is 0 Å². The van der Waals surface area contributed by atoms with Crippen molar-refractivity contribution in [2.24, 2.45) is 0 Å². The van der Waals surface area contributed by atoms with Crippen molar-refractivity contribution in [2.45, 2.75) is 38.1 Å². The van der Waals surface area contributed by atoms with Crippen LogP contribution < -0.4 is 0 Å². The quantitative estimate of drug-likeness (QED) is 0.491. The standard InChI is InChI=1S/C9H20N/c1-10(2,3)9-7-5-4-6-8-9/h9H,4-8H2,1-3H3/q+1. The molecule has 0 atom stereocenters. The van der Waals surface area contributed by atoms with Crippen LogP contribution in [0.5, 0.6) is 0 Å². The maximum absolute atomic E-state index is 2.32. The summed E-state index contributed by atoms with van der Waals surface area (Å²) in [6.45, 7) is 0. The molecule has 0 heterocycles. The Morgan fingerprint density at radius 1 is 0.900 bits per heavy atom. The van der Waals surface area contributed by atoms with Crippen molar-refractivity contribution in [1.29, 1.82) is 0 Å². The van der Waals surface area contributed by atoms with E-state index in [0.717, 1.165) is 6.04 Å². The first kappa shape index (κ1) is 8.06. The second-order valence-corrected chi connectivity index (χ2v) is 4.41. The summed E-state index contributed by atoms with van der Waals surface area (Å²) in [5.41, 5.74) is 0. The summed E-state index contributed by atoms with van der Waals surface area (Å²) in [5.74, 6) is 0. The zero-order chi connectivity index (χ0) is 7.61. The third kappa shape index (κ3) is 1.98. The maximum Gasteiger partial charge on any atom is 0.0884 e. The van der Waals surface area contributed by atoms with Crippen LogP contribution in [0.15, 0.2) is 0 Å². The minimum absolute atomic E-state index is 0.939. The predicted octanol–water partition coefficient (Wildman–Crippen LogP) is 2.03. The van der Waals surface area contributed by atoms with Gasteiger partial charge in [0.2, 0.25) is 0 Å². The lowest BCUT2D eigenvalue weighted by Gasteiger charge is -2.36. The van der Waals surface area contributed by atoms with Gasteiger partial charge >= 0.3 is 0 Å². The van der Waals surface area contributed by atoms with Crippen LogP contribution in [0.1, 0.15) is 32.1 Å². The Morgan fingerprint density at radius 3 is 1.70 bits per heavy atom. The number of hydrogen-bond donors (Lipinski definition) is 0. The molecule has 0 aromatic carbocycles. The molecule has 0 saturated heterocycles. The fraction of sp³-hybridized carbons (Fsp3) is 1.00. The Balaban J connectivity index is 2.39. The topological polar surface area (TPSA) is 0 Å². The van der Waals surface area contributed by atoms with Gasteiger partial charge in [-0.15, -0.1) is 0 Å². The van der Waals surface area contributed by atoms with Crippen LogP contribution in [0.4, 0.5) is 0 Å². The summed E-state index contributed by atoms with van der Waals surface area (Å²) < 4.78 is 1.17. The Kier molecular flexibility index (Phi) is 2.35. The predicted molar refractivity (Wildman–Crippen MR) is 44.9 cm³/mol. The average Bonchev–Trinajstić information content (AvgIpc) is 1.88. The molecule has 0 amide bonds. The molecule has 0 N–H and O–H groups in total. The Bertz CT molecular complexity index is 95.8. The highest BCUT2D eigenvalue weighted by Crippen LogP contribution is 2.23. The van der Waals surface area contributed by atoms with E-state index >= 15 is 0 Å². The molecule has 1 saturated carbocycles. The molecule has 1 aliphatic carbocycles. The van der Waals surface area contributed by atoms with Gasteiger partial charge in [-0.25, -0.2) is 0 Å². The SMILES string of the molecule is C[N+](C)(C)C1CCCCC1. The van der Waals surface area contributed by atoms with Crippen LogP contribution >= 0.6 is 0 Å². The summed E-state index contributed by atoms with van der Waals surface area (Å²) >= 11 is 0. The molecular formula is C9H20N+. The van der Waals surface area contributed by atoms with Gasteiger partial charge in [0.1, 0.15) is 0 Å². The van der Waals surface area contributed by atoms with Crippen LogP contribution in [0.25, 0.3) is 0 Å². The lowest BCUT2D eigenvalue weighted by Crippen LogP contribution is -2.45. The van der Waals surface area contributed by atoms with Gasteiger partial charge in [0.05, 0.1) is 27.2 Å². The zero-order valence-corrected chi connectivity index (χ0v) is 7.56. The van der Waals surface area contributed by atoms with Gasteiger partial charge < -0.3 is 4.48 Å². The van der Waals surface area contributed by atoms with Gasteiger partial charge in [-0.2, -0.15) is 0 Å². The van der Waals surface area contributed by atoms with Crippen molar-refractivity contribution in [2.75, 3.05) is 21.1 Å². The minimum atomic E-state index is 0.939. The molecule has 0 aromatic heterocycles. The number of hydrogen-bond acceptors (Lipinski definition) is 0. The Hall–Kier alpha value is -0.0400. The first-order chi connectivity index (χ1) is 4.61. The van der Waals surface area contributed by atoms with E-state index in [1.165, 1.54) is 36.6 Å². The molecule has 60 valence electrons. The molecule has 1 aliphatic rings. The third-order valence-electron chi connectivity index (χ3n) is 2.67. The van der Waals surface area contributed by atoms with E-state index in [1.807, 2.05) is 0 Å². The summed E-state index contributed by atoms with van der Waals surface area (Å²) in [6, 6.07) is 0.939. The van der Waals surface area contributed by atoms with Gasteiger partial charge in [-0.3, -0.25) is 0 Å². The molecule has 1 rings (SSSR count). The molecule has 0 aliphatic heterocycles. The summed E-state index contributed by atoms with van der Waals surface area (Å²) in [6.07, 6.45) is 7.28. The van der Waals surface area contributed by atoms with Crippen molar-refractivity contribution in [3.63, 3.8) is 0 Å². The summed E-state index contributed by atoms with van der Waals surface area (Å²) in [5, 5.41) is 0. The largest absolute Gasteiger partial charge is 0.328 e. The summed E-state index contributed by atoms with van der Waals surface area (Å²) in [7, 11) is 6.95. The van der Waals surface area contributed by atoms with Crippen molar-refractivity contribution >= 4 is 0 Å². The van der Waals surface area contributed by atoms with E-state index in [0.29, 0.717) is 0 Å². The van der Waals surface area contributed by atoms with Crippen LogP contribution in [0, 0.1) is 0 Å². The molecule has 1 nitrogen and oxygen atoms in total. The number of rotatable bonds is 1. The minimum Gasteiger partial charge on any atom is -0.328 e. The number of quaternary nitrogens is 1. The fourth-order valence-corrected chi connectivity index (χ4v) is 1.86. The Labute approximate surface area is 64.6 Å². The van der Waals surface area contributed by atoms with Crippen molar-refractivity contribution < 1.29 is 4.48 Å². The smallest absolute Gasteiger partial charge is 0.0884 e. The first-order valence-corrected chi connectivity index (χ1v) is 4.42. The van der Waals surface area contributed by atoms with Crippen molar-refractivity contribution in [1.82, 2.24) is 0 Å². The normalized spacial score (nSPS) is 23.1. The van der Waals surface area contributed by atoms with Crippen LogP contribution in [-0.2, 0) is 0 Å². The Morgan fingerprint density at radius 2 is 1.40 bits per heavy atom. The van der Waals surface area contributed by atoms with Crippen molar-refractivity contribution in [3.05, 3.63) is 0 Å². The van der Waals surface area contributed by atoms with E-state index in [-0.39, 0.29) is 0 Å². The molecule has 0 aromatic rings. The first-order valence-electron chi connectivity index (χ1n) is 4.42. The molecule has 0 bridgehead atoms. The van der Waals surface area contributed by atoms with E-state index < -0.39 is 0 Å². The second-order valence-electron chi connectivity index (χ2n) is 4.41. The summed E-state index contributed by atoms with van der Waals surface area (Å²) in [4.78, 5) is 0. The highest BCUT2D eigenvalue weighted by atomic mass is 15.3. The van der Waals surface area contributed by atoms with Gasteiger partial charge in [-0.05, 0) is 25.7 Å². The van der Waals surface area contributed by atoms with E-state index in [2.05, 4.69) is 21.1 Å². The maximum atomic E-state index is 2.32. The molecular weight excluding hydrogens is 122 g/mol. The molecule has 0 unspecified atom stereocenters. The molecule has 0 radical (unpaired) electrons.